The maximum absolute atomic E-state index is 13.6. The van der Waals surface area contributed by atoms with Gasteiger partial charge in [0, 0.05) is 58.1 Å². The van der Waals surface area contributed by atoms with Crippen LogP contribution in [0, 0.1) is 5.92 Å². The van der Waals surface area contributed by atoms with Crippen LogP contribution in [0.1, 0.15) is 73.5 Å². The second-order valence-corrected chi connectivity index (χ2v) is 13.3. The number of carbonyl (C=O) groups is 4. The van der Waals surface area contributed by atoms with Crippen molar-refractivity contribution < 1.29 is 23.9 Å². The highest BCUT2D eigenvalue weighted by molar-refractivity contribution is 6.00. The molecule has 1 saturated carbocycles. The molecule has 12 heteroatoms. The van der Waals surface area contributed by atoms with Gasteiger partial charge < -0.3 is 25.6 Å². The molecule has 1 saturated heterocycles. The number of aryl methyl sites for hydroxylation is 2. The summed E-state index contributed by atoms with van der Waals surface area (Å²) < 4.78 is 6.76. The zero-order valence-electron chi connectivity index (χ0n) is 29.5. The molecule has 3 N–H and O–H groups in total. The average Bonchev–Trinajstić information content (AvgIpc) is 3.59. The number of rotatable bonds is 14. The molecule has 268 valence electrons. The quantitative estimate of drug-likeness (QED) is 0.234. The molecule has 0 unspecified atom stereocenters. The van der Waals surface area contributed by atoms with Gasteiger partial charge in [0.05, 0.1) is 7.11 Å². The van der Waals surface area contributed by atoms with E-state index in [0.717, 1.165) is 63.1 Å². The number of benzene rings is 2. The van der Waals surface area contributed by atoms with Crippen LogP contribution in [-0.4, -0.2) is 88.6 Å². The van der Waals surface area contributed by atoms with Crippen molar-refractivity contribution in [2.24, 2.45) is 13.0 Å². The second kappa shape index (κ2) is 17.8. The van der Waals surface area contributed by atoms with E-state index < -0.39 is 12.1 Å². The Hall–Kier alpha value is -4.71. The third kappa shape index (κ3) is 9.93. The van der Waals surface area contributed by atoms with E-state index in [1.54, 1.807) is 33.3 Å². The lowest BCUT2D eigenvalue weighted by Gasteiger charge is -2.36. The minimum atomic E-state index is -0.657. The highest BCUT2D eigenvalue weighted by Crippen LogP contribution is 2.28. The van der Waals surface area contributed by atoms with E-state index in [0.29, 0.717) is 43.7 Å². The van der Waals surface area contributed by atoms with Gasteiger partial charge in [-0.3, -0.25) is 28.8 Å². The number of piperazine rings is 1. The molecule has 0 spiro atoms. The first kappa shape index (κ1) is 36.6. The molecular weight excluding hydrogens is 634 g/mol. The van der Waals surface area contributed by atoms with Gasteiger partial charge in [-0.15, -0.1) is 0 Å². The Kier molecular flexibility index (Phi) is 13.0. The van der Waals surface area contributed by atoms with Crippen LogP contribution in [0.5, 0.6) is 5.75 Å². The van der Waals surface area contributed by atoms with Crippen LogP contribution in [0.15, 0.2) is 60.8 Å². The summed E-state index contributed by atoms with van der Waals surface area (Å²) in [6.07, 6.45) is 7.89. The molecule has 12 nitrogen and oxygen atoms in total. The second-order valence-electron chi connectivity index (χ2n) is 13.3. The Labute approximate surface area is 294 Å². The van der Waals surface area contributed by atoms with Crippen LogP contribution >= 0.6 is 0 Å². The van der Waals surface area contributed by atoms with Gasteiger partial charge in [-0.1, -0.05) is 50.5 Å². The first-order chi connectivity index (χ1) is 24.2. The Morgan fingerprint density at radius 1 is 0.880 bits per heavy atom. The summed E-state index contributed by atoms with van der Waals surface area (Å²) in [4.78, 5) is 56.8. The Balaban J connectivity index is 1.15. The van der Waals surface area contributed by atoms with Gasteiger partial charge in [-0.05, 0) is 73.1 Å². The number of nitrogens with zero attached hydrogens (tertiary/aromatic N) is 4. The fraction of sp³-hybridized carbons (Fsp3) is 0.500. The van der Waals surface area contributed by atoms with Gasteiger partial charge in [0.25, 0.3) is 5.91 Å². The maximum atomic E-state index is 13.6. The van der Waals surface area contributed by atoms with Crippen molar-refractivity contribution in [1.29, 1.82) is 0 Å². The monoisotopic (exact) mass is 685 g/mol. The number of anilines is 1. The highest BCUT2D eigenvalue weighted by Gasteiger charge is 2.32. The summed E-state index contributed by atoms with van der Waals surface area (Å²) in [5.74, 6) is 0.126. The molecule has 5 rings (SSSR count). The lowest BCUT2D eigenvalue weighted by molar-refractivity contribution is -0.138. The molecule has 2 fully saturated rings. The van der Waals surface area contributed by atoms with Gasteiger partial charge in [-0.25, -0.2) is 0 Å². The smallest absolute Gasteiger partial charge is 0.270 e. The van der Waals surface area contributed by atoms with Crippen LogP contribution in [0.2, 0.25) is 0 Å². The van der Waals surface area contributed by atoms with Crippen molar-refractivity contribution in [2.45, 2.75) is 76.9 Å². The summed E-state index contributed by atoms with van der Waals surface area (Å²) in [6, 6.07) is 16.0. The van der Waals surface area contributed by atoms with E-state index in [-0.39, 0.29) is 29.5 Å². The third-order valence-electron chi connectivity index (χ3n) is 9.89. The Bertz CT molecular complexity index is 1580. The number of amides is 4. The van der Waals surface area contributed by atoms with Crippen molar-refractivity contribution in [3.05, 3.63) is 77.6 Å². The van der Waals surface area contributed by atoms with Gasteiger partial charge >= 0.3 is 0 Å². The number of aromatic nitrogens is 2. The molecule has 50 heavy (non-hydrogen) atoms. The number of nitrogens with one attached hydrogen (secondary N) is 3. The van der Waals surface area contributed by atoms with Crippen LogP contribution in [-0.2, 0) is 34.4 Å². The first-order valence-electron chi connectivity index (χ1n) is 17.9. The molecule has 2 atom stereocenters. The first-order valence-corrected chi connectivity index (χ1v) is 17.9. The van der Waals surface area contributed by atoms with Gasteiger partial charge in [0.15, 0.2) is 0 Å². The molecule has 2 aromatic carbocycles. The molecular formula is C38H51N7O5. The highest BCUT2D eigenvalue weighted by atomic mass is 16.5. The zero-order chi connectivity index (χ0) is 35.5. The molecule has 1 aliphatic heterocycles. The van der Waals surface area contributed by atoms with Crippen LogP contribution < -0.4 is 20.7 Å². The third-order valence-corrected chi connectivity index (χ3v) is 9.89. The Morgan fingerprint density at radius 3 is 2.18 bits per heavy atom. The lowest BCUT2D eigenvalue weighted by atomic mass is 9.83. The average molecular weight is 686 g/mol. The van der Waals surface area contributed by atoms with E-state index in [1.165, 1.54) is 10.2 Å². The normalized spacial score (nSPS) is 16.7. The van der Waals surface area contributed by atoms with E-state index in [9.17, 15) is 19.2 Å². The summed E-state index contributed by atoms with van der Waals surface area (Å²) in [6.45, 7) is 5.31. The van der Waals surface area contributed by atoms with Crippen LogP contribution in [0.3, 0.4) is 0 Å². The SMILES string of the molecule is CCC(=O)N[C@H](CCc1ccc(NC(=O)[C@@H](NC(=O)c2ccnn2C)C2CCCCC2)cc1)C(=O)N1CCN(Cc2ccc(OC)cc2)CC1. The molecule has 3 aromatic rings. The molecule has 0 bridgehead atoms. The van der Waals surface area contributed by atoms with Crippen LogP contribution in [0.25, 0.3) is 0 Å². The molecule has 4 amide bonds. The van der Waals surface area contributed by atoms with Crippen molar-refractivity contribution in [3.63, 3.8) is 0 Å². The van der Waals surface area contributed by atoms with E-state index in [4.69, 9.17) is 4.74 Å². The van der Waals surface area contributed by atoms with Gasteiger partial charge in [0.1, 0.15) is 23.5 Å². The zero-order valence-corrected chi connectivity index (χ0v) is 29.5. The maximum Gasteiger partial charge on any atom is 0.270 e. The summed E-state index contributed by atoms with van der Waals surface area (Å²) in [7, 11) is 3.36. The summed E-state index contributed by atoms with van der Waals surface area (Å²) in [5, 5.41) is 13.0. The number of hydrogen-bond donors (Lipinski definition) is 3. The number of hydrogen-bond acceptors (Lipinski definition) is 7. The fourth-order valence-electron chi connectivity index (χ4n) is 6.85. The molecule has 0 radical (unpaired) electrons. The van der Waals surface area contributed by atoms with Crippen LogP contribution in [0.4, 0.5) is 5.69 Å². The molecule has 1 aromatic heterocycles. The number of carbonyl (C=O) groups excluding carboxylic acids is 4. The molecule has 2 aliphatic rings. The molecule has 1 aliphatic carbocycles. The topological polar surface area (TPSA) is 138 Å². The standard InChI is InChI=1S/C38H51N7O5/c1-4-34(46)41-32(38(49)45-24-22-44(23-25-45)26-28-12-17-31(50-3)18-13-28)19-14-27-10-15-30(16-11-27)40-37(48)35(29-8-6-5-7-9-29)42-36(47)33-20-21-39-43(33)2/h10-13,15-18,20-21,29,32,35H,4-9,14,19,22-26H2,1-3H3,(H,40,48)(H,41,46)(H,42,47)/t32-,35+/m1/s1. The lowest BCUT2D eigenvalue weighted by Crippen LogP contribution is -2.54. The summed E-state index contributed by atoms with van der Waals surface area (Å²) in [5.41, 5.74) is 3.22. The van der Waals surface area contributed by atoms with Crippen molar-refractivity contribution >= 4 is 29.3 Å². The number of methoxy groups -OCH3 is 1. The Morgan fingerprint density at radius 2 is 1.56 bits per heavy atom. The van der Waals surface area contributed by atoms with E-state index >= 15 is 0 Å². The predicted octanol–water partition coefficient (Wildman–Crippen LogP) is 3.92. The summed E-state index contributed by atoms with van der Waals surface area (Å²) >= 11 is 0. The van der Waals surface area contributed by atoms with Gasteiger partial charge in [0.2, 0.25) is 17.7 Å². The van der Waals surface area contributed by atoms with Crippen molar-refractivity contribution in [2.75, 3.05) is 38.6 Å². The number of ether oxygens (including phenoxy) is 1. The predicted molar refractivity (Wildman–Crippen MR) is 192 cm³/mol. The van der Waals surface area contributed by atoms with Gasteiger partial charge in [-0.2, -0.15) is 5.10 Å². The van der Waals surface area contributed by atoms with E-state index in [2.05, 4.69) is 38.1 Å². The van der Waals surface area contributed by atoms with E-state index in [1.807, 2.05) is 41.3 Å². The molecule has 2 heterocycles. The minimum Gasteiger partial charge on any atom is -0.497 e. The minimum absolute atomic E-state index is 0.0540. The van der Waals surface area contributed by atoms with Crippen molar-refractivity contribution in [1.82, 2.24) is 30.2 Å². The van der Waals surface area contributed by atoms with Crippen molar-refractivity contribution in [3.8, 4) is 5.75 Å². The largest absolute Gasteiger partial charge is 0.497 e. The fourth-order valence-corrected chi connectivity index (χ4v) is 6.85.